The molecule has 0 unspecified atom stereocenters. The Morgan fingerprint density at radius 2 is 1.59 bits per heavy atom. The predicted molar refractivity (Wildman–Crippen MR) is 126 cm³/mol. The largest absolute Gasteiger partial charge is 0.493 e. The van der Waals surface area contributed by atoms with E-state index in [1.54, 1.807) is 67.3 Å². The molecule has 2 aromatic carbocycles. The molecule has 2 aromatic heterocycles. The highest BCUT2D eigenvalue weighted by molar-refractivity contribution is 6.32. The fourth-order valence-electron chi connectivity index (χ4n) is 4.47. The fourth-order valence-corrected chi connectivity index (χ4v) is 4.47. The van der Waals surface area contributed by atoms with E-state index in [9.17, 15) is 14.4 Å². The van der Waals surface area contributed by atoms with Gasteiger partial charge in [-0.3, -0.25) is 14.4 Å². The van der Waals surface area contributed by atoms with Crippen molar-refractivity contribution in [3.8, 4) is 11.5 Å². The molecule has 34 heavy (non-hydrogen) atoms. The van der Waals surface area contributed by atoms with Crippen molar-refractivity contribution in [2.75, 3.05) is 20.8 Å². The van der Waals surface area contributed by atoms with Gasteiger partial charge in [0.1, 0.15) is 5.69 Å². The Labute approximate surface area is 195 Å². The number of carbonyl (C=O) groups excluding carboxylic acids is 3. The van der Waals surface area contributed by atoms with E-state index in [0.717, 1.165) is 5.56 Å². The summed E-state index contributed by atoms with van der Waals surface area (Å²) >= 11 is 0. The maximum absolute atomic E-state index is 13.4. The Bertz CT molecular complexity index is 1470. The Morgan fingerprint density at radius 3 is 2.32 bits per heavy atom. The zero-order valence-electron chi connectivity index (χ0n) is 18.8. The maximum Gasteiger partial charge on any atom is 0.254 e. The summed E-state index contributed by atoms with van der Waals surface area (Å²) in [5, 5.41) is 2.91. The molecule has 5 rings (SSSR count). The molecule has 2 heterocycles. The monoisotopic (exact) mass is 454 g/mol. The lowest BCUT2D eigenvalue weighted by Gasteiger charge is -2.15. The molecule has 0 fully saturated rings. The molecular formula is C27H22N2O5. The summed E-state index contributed by atoms with van der Waals surface area (Å²) in [6.07, 6.45) is 2.25. The number of benzene rings is 2. The second-order valence-electron chi connectivity index (χ2n) is 7.95. The van der Waals surface area contributed by atoms with Crippen molar-refractivity contribution in [2.45, 2.75) is 6.42 Å². The molecule has 1 N–H and O–H groups in total. The lowest BCUT2D eigenvalue weighted by atomic mass is 9.86. The molecular weight excluding hydrogens is 432 g/mol. The lowest BCUT2D eigenvalue weighted by Crippen LogP contribution is -2.29. The zero-order valence-corrected chi connectivity index (χ0v) is 18.8. The van der Waals surface area contributed by atoms with Crippen molar-refractivity contribution < 1.29 is 23.9 Å². The molecule has 0 atom stereocenters. The van der Waals surface area contributed by atoms with Gasteiger partial charge in [0.25, 0.3) is 5.91 Å². The summed E-state index contributed by atoms with van der Waals surface area (Å²) in [5.41, 5.74) is 2.74. The second kappa shape index (κ2) is 8.51. The second-order valence-corrected chi connectivity index (χ2v) is 7.95. The van der Waals surface area contributed by atoms with E-state index in [4.69, 9.17) is 9.47 Å². The van der Waals surface area contributed by atoms with Gasteiger partial charge in [0.2, 0.25) is 5.78 Å². The van der Waals surface area contributed by atoms with E-state index >= 15 is 0 Å². The first-order valence-corrected chi connectivity index (χ1v) is 10.9. The van der Waals surface area contributed by atoms with E-state index in [0.29, 0.717) is 41.1 Å². The molecule has 170 valence electrons. The highest BCUT2D eigenvalue weighted by Gasteiger charge is 2.37. The summed E-state index contributed by atoms with van der Waals surface area (Å²) < 4.78 is 12.2. The topological polar surface area (TPSA) is 86.1 Å². The number of hydrogen-bond donors (Lipinski definition) is 1. The van der Waals surface area contributed by atoms with Crippen molar-refractivity contribution in [2.24, 2.45) is 0 Å². The first-order valence-electron chi connectivity index (χ1n) is 10.9. The maximum atomic E-state index is 13.4. The van der Waals surface area contributed by atoms with Gasteiger partial charge >= 0.3 is 0 Å². The third-order valence-electron chi connectivity index (χ3n) is 6.08. The number of ketones is 2. The van der Waals surface area contributed by atoms with Crippen LogP contribution in [0.3, 0.4) is 0 Å². The van der Waals surface area contributed by atoms with Crippen molar-refractivity contribution in [3.63, 3.8) is 0 Å². The van der Waals surface area contributed by atoms with Crippen LogP contribution in [0.4, 0.5) is 0 Å². The van der Waals surface area contributed by atoms with E-state index in [1.807, 2.05) is 18.2 Å². The lowest BCUT2D eigenvalue weighted by molar-refractivity contribution is 0.0940. The van der Waals surface area contributed by atoms with Crippen molar-refractivity contribution in [1.82, 2.24) is 9.72 Å². The van der Waals surface area contributed by atoms with Crippen LogP contribution in [0.1, 0.15) is 47.9 Å². The number of methoxy groups -OCH3 is 2. The molecule has 0 saturated heterocycles. The molecule has 7 heteroatoms. The van der Waals surface area contributed by atoms with Crippen LogP contribution in [-0.4, -0.2) is 42.6 Å². The molecule has 0 bridgehead atoms. The van der Waals surface area contributed by atoms with Crippen LogP contribution in [0.15, 0.2) is 66.9 Å². The molecule has 0 aliphatic heterocycles. The minimum atomic E-state index is -0.397. The van der Waals surface area contributed by atoms with E-state index < -0.39 is 5.91 Å². The molecule has 1 aliphatic rings. The number of aromatic nitrogens is 1. The Hall–Kier alpha value is -4.39. The summed E-state index contributed by atoms with van der Waals surface area (Å²) in [5.74, 6) is 0.257. The minimum Gasteiger partial charge on any atom is -0.493 e. The smallest absolute Gasteiger partial charge is 0.254 e. The summed E-state index contributed by atoms with van der Waals surface area (Å²) in [6.45, 7) is 0.339. The minimum absolute atomic E-state index is 0.151. The summed E-state index contributed by atoms with van der Waals surface area (Å²) in [7, 11) is 3.15. The van der Waals surface area contributed by atoms with Crippen LogP contribution in [0.25, 0.3) is 5.52 Å². The van der Waals surface area contributed by atoms with Gasteiger partial charge in [-0.15, -0.1) is 0 Å². The number of amides is 1. The predicted octanol–water partition coefficient (Wildman–Crippen LogP) is 3.70. The number of rotatable bonds is 6. The third-order valence-corrected chi connectivity index (χ3v) is 6.08. The van der Waals surface area contributed by atoms with Gasteiger partial charge < -0.3 is 19.2 Å². The number of carbonyl (C=O) groups is 3. The van der Waals surface area contributed by atoms with Crippen molar-refractivity contribution >= 4 is 23.0 Å². The normalized spacial score (nSPS) is 12.3. The Morgan fingerprint density at radius 1 is 0.882 bits per heavy atom. The number of nitrogens with one attached hydrogen (secondary N) is 1. The standard InChI is InChI=1S/C27H22N2O5/c1-33-20-11-10-16(15-21(20)34-2)12-13-28-27(32)22-19-9-5-6-14-29(19)24-23(22)25(30)17-7-3-4-8-18(17)26(24)31/h3-11,14-15H,12-13H2,1-2H3,(H,28,32). The van der Waals surface area contributed by atoms with Crippen LogP contribution in [0.2, 0.25) is 0 Å². The molecule has 0 saturated carbocycles. The van der Waals surface area contributed by atoms with Crippen molar-refractivity contribution in [3.05, 3.63) is 100 Å². The number of hydrogen-bond acceptors (Lipinski definition) is 5. The number of pyridine rings is 1. The van der Waals surface area contributed by atoms with E-state index in [2.05, 4.69) is 5.32 Å². The zero-order chi connectivity index (χ0) is 23.8. The highest BCUT2D eigenvalue weighted by atomic mass is 16.5. The van der Waals surface area contributed by atoms with Crippen LogP contribution < -0.4 is 14.8 Å². The SMILES string of the molecule is COc1ccc(CCNC(=O)c2c3c(n4ccccc24)C(=O)c2ccccc2C3=O)cc1OC. The first-order chi connectivity index (χ1) is 16.5. The Kier molecular flexibility index (Phi) is 5.37. The molecule has 0 spiro atoms. The molecule has 0 radical (unpaired) electrons. The fraction of sp³-hybridized carbons (Fsp3) is 0.148. The number of nitrogens with zero attached hydrogens (tertiary/aromatic N) is 1. The number of ether oxygens (including phenoxy) is 2. The highest BCUT2D eigenvalue weighted by Crippen LogP contribution is 2.33. The van der Waals surface area contributed by atoms with Crippen LogP contribution >= 0.6 is 0 Å². The quantitative estimate of drug-likeness (QED) is 0.423. The Balaban J connectivity index is 1.47. The van der Waals surface area contributed by atoms with E-state index in [1.165, 1.54) is 0 Å². The van der Waals surface area contributed by atoms with Gasteiger partial charge in [0.05, 0.1) is 30.9 Å². The van der Waals surface area contributed by atoms with Crippen LogP contribution in [0.5, 0.6) is 11.5 Å². The van der Waals surface area contributed by atoms with Crippen LogP contribution in [0, 0.1) is 0 Å². The van der Waals surface area contributed by atoms with Crippen molar-refractivity contribution in [1.29, 1.82) is 0 Å². The summed E-state index contributed by atoms with van der Waals surface area (Å²) in [6, 6.07) is 17.6. The molecule has 1 aliphatic carbocycles. The first kappa shape index (κ1) is 21.5. The van der Waals surface area contributed by atoms with Gasteiger partial charge in [-0.25, -0.2) is 0 Å². The third kappa shape index (κ3) is 3.33. The number of fused-ring (bicyclic) bond motifs is 4. The van der Waals surface area contributed by atoms with Gasteiger partial charge in [-0.2, -0.15) is 0 Å². The average Bonchev–Trinajstić information content (AvgIpc) is 3.23. The van der Waals surface area contributed by atoms with Gasteiger partial charge in [0, 0.05) is 23.9 Å². The van der Waals surface area contributed by atoms with Gasteiger partial charge in [0.15, 0.2) is 17.3 Å². The van der Waals surface area contributed by atoms with E-state index in [-0.39, 0.29) is 28.4 Å². The molecule has 7 nitrogen and oxygen atoms in total. The molecule has 1 amide bonds. The summed E-state index contributed by atoms with van der Waals surface area (Å²) in [4.78, 5) is 40.0. The van der Waals surface area contributed by atoms with Crippen LogP contribution in [-0.2, 0) is 6.42 Å². The average molecular weight is 454 g/mol. The molecule has 4 aromatic rings. The van der Waals surface area contributed by atoms with Gasteiger partial charge in [-0.05, 0) is 36.2 Å². The van der Waals surface area contributed by atoms with Gasteiger partial charge in [-0.1, -0.05) is 36.4 Å².